The number of hydrogen-bond acceptors (Lipinski definition) is 7. The Balaban J connectivity index is 2.10. The molecule has 0 spiro atoms. The van der Waals surface area contributed by atoms with E-state index in [1.165, 1.54) is 19.2 Å². The molecule has 0 bridgehead atoms. The van der Waals surface area contributed by atoms with Gasteiger partial charge < -0.3 is 9.73 Å². The molecule has 1 aromatic carbocycles. The van der Waals surface area contributed by atoms with E-state index in [0.717, 1.165) is 11.6 Å². The predicted molar refractivity (Wildman–Crippen MR) is 117 cm³/mol. The molecule has 0 unspecified atom stereocenters. The summed E-state index contributed by atoms with van der Waals surface area (Å²) in [5.41, 5.74) is 1.33. The summed E-state index contributed by atoms with van der Waals surface area (Å²) in [7, 11) is -3.06. The molecular weight excluding hydrogens is 477 g/mol. The van der Waals surface area contributed by atoms with Crippen LogP contribution in [-0.4, -0.2) is 36.6 Å². The SMILES string of the molecule is CNC(=O)c1nc(S(=O)(=O)N[C@H](c2n[nH]c(=O)o2)[C@H](C)c2c(F)ccc(C)c2C)ccc1Cl. The van der Waals surface area contributed by atoms with E-state index in [0.29, 0.717) is 5.56 Å². The molecule has 1 amide bonds. The molecular formula is C20H21ClFN5O5S. The summed E-state index contributed by atoms with van der Waals surface area (Å²) < 4.78 is 48.5. The fraction of sp³-hybridized carbons (Fsp3) is 0.300. The van der Waals surface area contributed by atoms with Crippen molar-refractivity contribution in [2.45, 2.75) is 37.8 Å². The van der Waals surface area contributed by atoms with Crippen molar-refractivity contribution in [3.05, 3.63) is 73.9 Å². The first-order valence-corrected chi connectivity index (χ1v) is 11.5. The van der Waals surface area contributed by atoms with Crippen LogP contribution in [-0.2, 0) is 10.0 Å². The van der Waals surface area contributed by atoms with Crippen molar-refractivity contribution >= 4 is 27.5 Å². The van der Waals surface area contributed by atoms with Crippen LogP contribution in [0.2, 0.25) is 5.02 Å². The molecule has 2 heterocycles. The Morgan fingerprint density at radius 2 is 1.94 bits per heavy atom. The van der Waals surface area contributed by atoms with E-state index in [4.69, 9.17) is 16.0 Å². The molecule has 3 aromatic rings. The number of carbonyl (C=O) groups excluding carboxylic acids is 1. The second-order valence-corrected chi connectivity index (χ2v) is 9.37. The summed E-state index contributed by atoms with van der Waals surface area (Å²) >= 11 is 5.96. The topological polar surface area (TPSA) is 147 Å². The van der Waals surface area contributed by atoms with Gasteiger partial charge in [-0.25, -0.2) is 27.7 Å². The maximum Gasteiger partial charge on any atom is 0.434 e. The second kappa shape index (κ2) is 9.41. The molecule has 0 radical (unpaired) electrons. The number of sulfonamides is 1. The first-order valence-electron chi connectivity index (χ1n) is 9.68. The van der Waals surface area contributed by atoms with E-state index >= 15 is 0 Å². The summed E-state index contributed by atoms with van der Waals surface area (Å²) in [4.78, 5) is 27.4. The minimum absolute atomic E-state index is 0.0472. The van der Waals surface area contributed by atoms with Gasteiger partial charge in [0.25, 0.3) is 15.9 Å². The number of aromatic nitrogens is 3. The zero-order valence-corrected chi connectivity index (χ0v) is 19.6. The number of amides is 1. The highest BCUT2D eigenvalue weighted by Gasteiger charge is 2.34. The van der Waals surface area contributed by atoms with Crippen molar-refractivity contribution in [2.75, 3.05) is 7.05 Å². The van der Waals surface area contributed by atoms with Gasteiger partial charge in [-0.05, 0) is 48.7 Å². The number of rotatable bonds is 7. The predicted octanol–water partition coefficient (Wildman–Crippen LogP) is 2.35. The van der Waals surface area contributed by atoms with Gasteiger partial charge in [0.15, 0.2) is 5.03 Å². The zero-order chi connectivity index (χ0) is 24.5. The summed E-state index contributed by atoms with van der Waals surface area (Å²) in [5, 5.41) is 7.57. The number of aromatic amines is 1. The number of halogens is 2. The minimum Gasteiger partial charge on any atom is -0.391 e. The quantitative estimate of drug-likeness (QED) is 0.454. The van der Waals surface area contributed by atoms with Crippen LogP contribution in [0, 0.1) is 19.7 Å². The lowest BCUT2D eigenvalue weighted by molar-refractivity contribution is 0.0957. The first-order chi connectivity index (χ1) is 15.5. The largest absolute Gasteiger partial charge is 0.434 e. The van der Waals surface area contributed by atoms with E-state index < -0.39 is 44.5 Å². The van der Waals surface area contributed by atoms with E-state index in [-0.39, 0.29) is 22.2 Å². The molecule has 0 aliphatic heterocycles. The fourth-order valence-electron chi connectivity index (χ4n) is 3.35. The molecule has 3 N–H and O–H groups in total. The third kappa shape index (κ3) is 4.97. The van der Waals surface area contributed by atoms with Crippen LogP contribution < -0.4 is 15.8 Å². The first kappa shape index (κ1) is 24.6. The number of carbonyl (C=O) groups is 1. The number of nitrogens with zero attached hydrogens (tertiary/aromatic N) is 2. The third-order valence-electron chi connectivity index (χ3n) is 5.23. The van der Waals surface area contributed by atoms with Gasteiger partial charge in [-0.15, -0.1) is 5.10 Å². The minimum atomic E-state index is -4.41. The number of aryl methyl sites for hydroxylation is 1. The van der Waals surface area contributed by atoms with Crippen molar-refractivity contribution in [1.29, 1.82) is 0 Å². The average Bonchev–Trinajstić information content (AvgIpc) is 3.20. The molecule has 0 aliphatic rings. The molecule has 0 saturated heterocycles. The summed E-state index contributed by atoms with van der Waals surface area (Å²) in [6.07, 6.45) is 0. The van der Waals surface area contributed by atoms with Crippen LogP contribution in [0.15, 0.2) is 38.5 Å². The van der Waals surface area contributed by atoms with E-state index in [1.807, 2.05) is 0 Å². The Morgan fingerprint density at radius 3 is 2.55 bits per heavy atom. The molecule has 0 aliphatic carbocycles. The fourth-order valence-corrected chi connectivity index (χ4v) is 4.76. The van der Waals surface area contributed by atoms with Gasteiger partial charge in [0.2, 0.25) is 5.89 Å². The van der Waals surface area contributed by atoms with Crippen molar-refractivity contribution < 1.29 is 22.0 Å². The number of hydrogen-bond donors (Lipinski definition) is 3. The monoisotopic (exact) mass is 497 g/mol. The maximum atomic E-state index is 14.8. The highest BCUT2D eigenvalue weighted by molar-refractivity contribution is 7.89. The number of benzene rings is 1. The van der Waals surface area contributed by atoms with Crippen LogP contribution in [0.3, 0.4) is 0 Å². The maximum absolute atomic E-state index is 14.8. The summed E-state index contributed by atoms with van der Waals surface area (Å²) in [5.74, 6) is -3.29. The average molecular weight is 498 g/mol. The van der Waals surface area contributed by atoms with Gasteiger partial charge in [-0.2, -0.15) is 4.72 Å². The molecule has 13 heteroatoms. The normalized spacial score (nSPS) is 13.5. The number of nitrogens with one attached hydrogen (secondary N) is 3. The van der Waals surface area contributed by atoms with Crippen molar-refractivity contribution in [3.8, 4) is 0 Å². The number of H-pyrrole nitrogens is 1. The molecule has 0 fully saturated rings. The smallest absolute Gasteiger partial charge is 0.391 e. The van der Waals surface area contributed by atoms with E-state index in [2.05, 4.69) is 25.2 Å². The lowest BCUT2D eigenvalue weighted by Crippen LogP contribution is -2.34. The Kier molecular flexibility index (Phi) is 7.00. The second-order valence-electron chi connectivity index (χ2n) is 7.30. The molecule has 10 nitrogen and oxygen atoms in total. The van der Waals surface area contributed by atoms with Crippen LogP contribution in [0.4, 0.5) is 4.39 Å². The van der Waals surface area contributed by atoms with Gasteiger partial charge >= 0.3 is 5.76 Å². The van der Waals surface area contributed by atoms with E-state index in [9.17, 15) is 22.4 Å². The van der Waals surface area contributed by atoms with Crippen LogP contribution in [0.5, 0.6) is 0 Å². The van der Waals surface area contributed by atoms with Gasteiger partial charge in [-0.1, -0.05) is 24.6 Å². The zero-order valence-electron chi connectivity index (χ0n) is 18.1. The van der Waals surface area contributed by atoms with Crippen molar-refractivity contribution in [1.82, 2.24) is 25.2 Å². The van der Waals surface area contributed by atoms with Crippen molar-refractivity contribution in [2.24, 2.45) is 0 Å². The lowest BCUT2D eigenvalue weighted by atomic mass is 9.88. The lowest BCUT2D eigenvalue weighted by Gasteiger charge is -2.24. The Bertz CT molecular complexity index is 1370. The molecule has 2 atom stereocenters. The highest BCUT2D eigenvalue weighted by atomic mass is 35.5. The van der Waals surface area contributed by atoms with Gasteiger partial charge in [0.05, 0.1) is 5.02 Å². The summed E-state index contributed by atoms with van der Waals surface area (Å²) in [6.45, 7) is 5.06. The third-order valence-corrected chi connectivity index (χ3v) is 6.88. The Labute approximate surface area is 193 Å². The molecule has 2 aromatic heterocycles. The molecule has 176 valence electrons. The molecule has 33 heavy (non-hydrogen) atoms. The molecule has 3 rings (SSSR count). The Morgan fingerprint density at radius 1 is 1.24 bits per heavy atom. The van der Waals surface area contributed by atoms with Crippen molar-refractivity contribution in [3.63, 3.8) is 0 Å². The highest BCUT2D eigenvalue weighted by Crippen LogP contribution is 2.35. The summed E-state index contributed by atoms with van der Waals surface area (Å²) in [6, 6.07) is 3.91. The van der Waals surface area contributed by atoms with E-state index in [1.54, 1.807) is 26.8 Å². The standard InChI is InChI=1S/C20H21ClFN5O5S/c1-9-5-7-13(22)15(10(9)2)11(3)16(19-25-26-20(29)32-19)27-33(30,31)14-8-6-12(21)17(24-14)18(28)23-4/h5-8,11,16,27H,1-4H3,(H,23,28)(H,26,29)/t11-,16+/m1/s1. The van der Waals surface area contributed by atoms with Crippen LogP contribution in [0.25, 0.3) is 0 Å². The van der Waals surface area contributed by atoms with Crippen LogP contribution >= 0.6 is 11.6 Å². The van der Waals surface area contributed by atoms with Gasteiger partial charge in [0.1, 0.15) is 17.6 Å². The van der Waals surface area contributed by atoms with Gasteiger partial charge in [-0.3, -0.25) is 4.79 Å². The van der Waals surface area contributed by atoms with Gasteiger partial charge in [0, 0.05) is 13.0 Å². The van der Waals surface area contributed by atoms with Crippen LogP contribution in [0.1, 0.15) is 52.0 Å². The Hall–Kier alpha value is -3.09. The number of pyridine rings is 1. The molecule has 0 saturated carbocycles.